The number of amides is 1. The second-order valence-electron chi connectivity index (χ2n) is 4.73. The number of rotatable bonds is 4. The van der Waals surface area contributed by atoms with Gasteiger partial charge in [-0.15, -0.1) is 0 Å². The molecule has 2 rings (SSSR count). The molecule has 0 bridgehead atoms. The molecule has 19 heavy (non-hydrogen) atoms. The van der Waals surface area contributed by atoms with Gasteiger partial charge in [-0.2, -0.15) is 0 Å². The van der Waals surface area contributed by atoms with E-state index in [0.717, 1.165) is 38.4 Å². The summed E-state index contributed by atoms with van der Waals surface area (Å²) in [5, 5.41) is 12.5. The molecule has 0 radical (unpaired) electrons. The number of carbonyl (C=O) groups is 1. The molecule has 1 aliphatic heterocycles. The number of phenolic OH excluding ortho intramolecular Hbond substituents is 1. The maximum absolute atomic E-state index is 11.9. The smallest absolute Gasteiger partial charge is 0.255 e. The van der Waals surface area contributed by atoms with Crippen LogP contribution in [0.5, 0.6) is 5.75 Å². The molecule has 104 valence electrons. The normalized spacial score (nSPS) is 16.3. The maximum atomic E-state index is 11.9. The third-order valence-corrected chi connectivity index (χ3v) is 3.22. The van der Waals surface area contributed by atoms with Crippen LogP contribution in [0.25, 0.3) is 0 Å². The minimum atomic E-state index is -0.231. The second-order valence-corrected chi connectivity index (χ2v) is 4.73. The largest absolute Gasteiger partial charge is 0.507 e. The van der Waals surface area contributed by atoms with Crippen molar-refractivity contribution in [1.29, 1.82) is 0 Å². The van der Waals surface area contributed by atoms with Crippen LogP contribution < -0.4 is 5.32 Å². The average Bonchev–Trinajstić information content (AvgIpc) is 2.39. The van der Waals surface area contributed by atoms with Gasteiger partial charge in [0.25, 0.3) is 5.91 Å². The van der Waals surface area contributed by atoms with Gasteiger partial charge >= 0.3 is 0 Å². The second kappa shape index (κ2) is 6.54. The Morgan fingerprint density at radius 3 is 2.84 bits per heavy atom. The van der Waals surface area contributed by atoms with Crippen molar-refractivity contribution in [3.8, 4) is 5.75 Å². The van der Waals surface area contributed by atoms with E-state index in [4.69, 9.17) is 4.74 Å². The van der Waals surface area contributed by atoms with Crippen molar-refractivity contribution < 1.29 is 14.6 Å². The van der Waals surface area contributed by atoms with E-state index in [0.29, 0.717) is 12.1 Å². The molecular weight excluding hydrogens is 244 g/mol. The van der Waals surface area contributed by atoms with Gasteiger partial charge < -0.3 is 15.2 Å². The summed E-state index contributed by atoms with van der Waals surface area (Å²) in [6.07, 6.45) is 0. The number of phenols is 1. The van der Waals surface area contributed by atoms with Crippen LogP contribution in [0.15, 0.2) is 18.2 Å². The first-order valence-electron chi connectivity index (χ1n) is 6.55. The first-order chi connectivity index (χ1) is 9.16. The lowest BCUT2D eigenvalue weighted by Gasteiger charge is -2.26. The molecule has 0 aromatic heterocycles. The highest BCUT2D eigenvalue weighted by Gasteiger charge is 2.12. The van der Waals surface area contributed by atoms with E-state index in [2.05, 4.69) is 10.2 Å². The lowest BCUT2D eigenvalue weighted by molar-refractivity contribution is 0.0383. The molecule has 1 saturated heterocycles. The number of benzene rings is 1. The van der Waals surface area contributed by atoms with Crippen molar-refractivity contribution in [2.24, 2.45) is 0 Å². The highest BCUT2D eigenvalue weighted by atomic mass is 16.5. The number of aromatic hydroxyl groups is 1. The standard InChI is InChI=1S/C14H20N2O3/c1-11-2-3-12(13(17)10-11)14(18)15-4-5-16-6-8-19-9-7-16/h2-3,10,17H,4-9H2,1H3,(H,15,18). The van der Waals surface area contributed by atoms with Crippen molar-refractivity contribution in [2.75, 3.05) is 39.4 Å². The predicted octanol–water partition coefficient (Wildman–Crippen LogP) is 0.763. The first-order valence-corrected chi connectivity index (χ1v) is 6.55. The van der Waals surface area contributed by atoms with Gasteiger partial charge in [-0.1, -0.05) is 6.07 Å². The summed E-state index contributed by atoms with van der Waals surface area (Å²) in [5.74, 6) is -0.199. The van der Waals surface area contributed by atoms with Crippen molar-refractivity contribution >= 4 is 5.91 Å². The minimum absolute atomic E-state index is 0.0314. The molecule has 0 spiro atoms. The van der Waals surface area contributed by atoms with Gasteiger partial charge in [0, 0.05) is 26.2 Å². The quantitative estimate of drug-likeness (QED) is 0.843. The van der Waals surface area contributed by atoms with E-state index in [-0.39, 0.29) is 11.7 Å². The van der Waals surface area contributed by atoms with Gasteiger partial charge in [-0.05, 0) is 24.6 Å². The van der Waals surface area contributed by atoms with E-state index < -0.39 is 0 Å². The fourth-order valence-corrected chi connectivity index (χ4v) is 2.08. The Hall–Kier alpha value is -1.59. The number of nitrogens with one attached hydrogen (secondary N) is 1. The van der Waals surface area contributed by atoms with Gasteiger partial charge in [0.2, 0.25) is 0 Å². The van der Waals surface area contributed by atoms with Crippen molar-refractivity contribution in [3.63, 3.8) is 0 Å². The van der Waals surface area contributed by atoms with E-state index in [1.54, 1.807) is 12.1 Å². The van der Waals surface area contributed by atoms with Crippen LogP contribution in [0.4, 0.5) is 0 Å². The van der Waals surface area contributed by atoms with Crippen molar-refractivity contribution in [1.82, 2.24) is 10.2 Å². The van der Waals surface area contributed by atoms with Crippen LogP contribution in [-0.2, 0) is 4.74 Å². The van der Waals surface area contributed by atoms with Crippen LogP contribution in [-0.4, -0.2) is 55.3 Å². The molecule has 1 aromatic carbocycles. The fourth-order valence-electron chi connectivity index (χ4n) is 2.08. The summed E-state index contributed by atoms with van der Waals surface area (Å²) < 4.78 is 5.26. The van der Waals surface area contributed by atoms with Crippen LogP contribution in [0.2, 0.25) is 0 Å². The Bertz CT molecular complexity index is 442. The summed E-state index contributed by atoms with van der Waals surface area (Å²) in [6.45, 7) is 6.59. The number of hydrogen-bond acceptors (Lipinski definition) is 4. The van der Waals surface area contributed by atoms with Gasteiger partial charge in [-0.25, -0.2) is 0 Å². The number of ether oxygens (including phenoxy) is 1. The highest BCUT2D eigenvalue weighted by molar-refractivity contribution is 5.96. The zero-order valence-corrected chi connectivity index (χ0v) is 11.2. The van der Waals surface area contributed by atoms with Crippen LogP contribution in [0.3, 0.4) is 0 Å². The third kappa shape index (κ3) is 3.94. The molecule has 0 saturated carbocycles. The fraction of sp³-hybridized carbons (Fsp3) is 0.500. The molecule has 5 heteroatoms. The maximum Gasteiger partial charge on any atom is 0.255 e. The van der Waals surface area contributed by atoms with E-state index in [1.807, 2.05) is 13.0 Å². The lowest BCUT2D eigenvalue weighted by Crippen LogP contribution is -2.41. The minimum Gasteiger partial charge on any atom is -0.507 e. The summed E-state index contributed by atoms with van der Waals surface area (Å²) in [6, 6.07) is 5.06. The third-order valence-electron chi connectivity index (χ3n) is 3.22. The van der Waals surface area contributed by atoms with E-state index in [9.17, 15) is 9.90 Å². The molecule has 1 amide bonds. The topological polar surface area (TPSA) is 61.8 Å². The van der Waals surface area contributed by atoms with Gasteiger partial charge in [-0.3, -0.25) is 9.69 Å². The molecule has 2 N–H and O–H groups in total. The Morgan fingerprint density at radius 1 is 1.42 bits per heavy atom. The SMILES string of the molecule is Cc1ccc(C(=O)NCCN2CCOCC2)c(O)c1. The summed E-state index contributed by atoms with van der Waals surface area (Å²) in [4.78, 5) is 14.2. The predicted molar refractivity (Wildman–Crippen MR) is 72.4 cm³/mol. The molecule has 5 nitrogen and oxygen atoms in total. The summed E-state index contributed by atoms with van der Waals surface area (Å²) in [7, 11) is 0. The number of carbonyl (C=O) groups excluding carboxylic acids is 1. The molecule has 1 aliphatic rings. The Morgan fingerprint density at radius 2 is 2.16 bits per heavy atom. The zero-order valence-electron chi connectivity index (χ0n) is 11.2. The van der Waals surface area contributed by atoms with E-state index >= 15 is 0 Å². The monoisotopic (exact) mass is 264 g/mol. The Balaban J connectivity index is 1.80. The summed E-state index contributed by atoms with van der Waals surface area (Å²) >= 11 is 0. The zero-order chi connectivity index (χ0) is 13.7. The number of morpholine rings is 1. The van der Waals surface area contributed by atoms with Gasteiger partial charge in [0.15, 0.2) is 0 Å². The van der Waals surface area contributed by atoms with Gasteiger partial charge in [0.1, 0.15) is 5.75 Å². The Labute approximate surface area is 113 Å². The number of hydrogen-bond donors (Lipinski definition) is 2. The molecule has 1 aromatic rings. The highest BCUT2D eigenvalue weighted by Crippen LogP contribution is 2.17. The van der Waals surface area contributed by atoms with Crippen molar-refractivity contribution in [2.45, 2.75) is 6.92 Å². The molecule has 0 unspecified atom stereocenters. The van der Waals surface area contributed by atoms with Crippen LogP contribution >= 0.6 is 0 Å². The van der Waals surface area contributed by atoms with Gasteiger partial charge in [0.05, 0.1) is 18.8 Å². The molecule has 1 heterocycles. The molecule has 0 atom stereocenters. The molecule has 0 aliphatic carbocycles. The van der Waals surface area contributed by atoms with Crippen LogP contribution in [0, 0.1) is 6.92 Å². The van der Waals surface area contributed by atoms with E-state index in [1.165, 1.54) is 0 Å². The Kier molecular flexibility index (Phi) is 4.76. The first kappa shape index (κ1) is 13.8. The summed E-state index contributed by atoms with van der Waals surface area (Å²) in [5.41, 5.74) is 1.26. The molecule has 1 fully saturated rings. The average molecular weight is 264 g/mol. The molecular formula is C14H20N2O3. The number of aryl methyl sites for hydroxylation is 1. The van der Waals surface area contributed by atoms with Crippen molar-refractivity contribution in [3.05, 3.63) is 29.3 Å². The van der Waals surface area contributed by atoms with Crippen LogP contribution in [0.1, 0.15) is 15.9 Å². The number of nitrogens with zero attached hydrogens (tertiary/aromatic N) is 1. The lowest BCUT2D eigenvalue weighted by atomic mass is 10.1.